The summed E-state index contributed by atoms with van der Waals surface area (Å²) in [4.78, 5) is 11.5. The van der Waals surface area contributed by atoms with Gasteiger partial charge in [0.15, 0.2) is 0 Å². The molecule has 1 heterocycles. The summed E-state index contributed by atoms with van der Waals surface area (Å²) in [6.07, 6.45) is 1.45. The molecular formula is C18H20N2O. The minimum absolute atomic E-state index is 0.0882. The molecule has 1 atom stereocenters. The lowest BCUT2D eigenvalue weighted by molar-refractivity contribution is -0.115. The van der Waals surface area contributed by atoms with E-state index in [1.54, 1.807) is 0 Å². The minimum Gasteiger partial charge on any atom is -0.326 e. The molecule has 0 fully saturated rings. The van der Waals surface area contributed by atoms with Gasteiger partial charge in [0.2, 0.25) is 5.91 Å². The zero-order chi connectivity index (χ0) is 14.7. The normalized spacial score (nSPS) is 14.6. The molecule has 0 aliphatic carbocycles. The van der Waals surface area contributed by atoms with Crippen LogP contribution in [0.5, 0.6) is 0 Å². The van der Waals surface area contributed by atoms with Crippen LogP contribution in [-0.2, 0) is 17.6 Å². The van der Waals surface area contributed by atoms with E-state index in [9.17, 15) is 4.79 Å². The third kappa shape index (κ3) is 3.14. The van der Waals surface area contributed by atoms with E-state index in [1.807, 2.05) is 12.1 Å². The van der Waals surface area contributed by atoms with Gasteiger partial charge in [0.05, 0.1) is 6.42 Å². The summed E-state index contributed by atoms with van der Waals surface area (Å²) >= 11 is 0. The molecule has 2 aromatic rings. The number of rotatable bonds is 5. The van der Waals surface area contributed by atoms with Gasteiger partial charge in [0.1, 0.15) is 0 Å². The van der Waals surface area contributed by atoms with Gasteiger partial charge >= 0.3 is 0 Å². The van der Waals surface area contributed by atoms with Crippen molar-refractivity contribution in [3.8, 4) is 0 Å². The van der Waals surface area contributed by atoms with Crippen LogP contribution >= 0.6 is 0 Å². The highest BCUT2D eigenvalue weighted by Gasteiger charge is 2.19. The molecule has 0 radical (unpaired) electrons. The van der Waals surface area contributed by atoms with Gasteiger partial charge in [-0.15, -0.1) is 0 Å². The van der Waals surface area contributed by atoms with Gasteiger partial charge in [-0.25, -0.2) is 0 Å². The number of carbonyl (C=O) groups excluding carboxylic acids is 1. The van der Waals surface area contributed by atoms with Crippen molar-refractivity contribution in [2.45, 2.75) is 25.8 Å². The molecule has 1 aliphatic rings. The lowest BCUT2D eigenvalue weighted by Gasteiger charge is -2.19. The van der Waals surface area contributed by atoms with Crippen molar-refractivity contribution in [2.75, 3.05) is 11.9 Å². The van der Waals surface area contributed by atoms with Gasteiger partial charge in [-0.2, -0.15) is 0 Å². The number of carbonyl (C=O) groups is 1. The number of hydrogen-bond acceptors (Lipinski definition) is 2. The highest BCUT2D eigenvalue weighted by molar-refractivity contribution is 5.99. The summed E-state index contributed by atoms with van der Waals surface area (Å²) < 4.78 is 0. The minimum atomic E-state index is 0.0882. The first-order chi connectivity index (χ1) is 10.3. The maximum absolute atomic E-state index is 11.5. The molecule has 1 aliphatic heterocycles. The Morgan fingerprint density at radius 1 is 1.19 bits per heavy atom. The maximum atomic E-state index is 11.5. The standard InChI is InChI=1S/C18H20N2O/c1-2-19-17(10-13-6-4-3-5-7-13)14-8-9-16-15(11-14)12-18(21)20-16/h3-9,11,17,19H,2,10,12H2,1H3,(H,20,21). The van der Waals surface area contributed by atoms with Crippen LogP contribution in [-0.4, -0.2) is 12.5 Å². The number of hydrogen-bond donors (Lipinski definition) is 2. The molecule has 0 saturated heterocycles. The van der Waals surface area contributed by atoms with Crippen LogP contribution in [0.25, 0.3) is 0 Å². The summed E-state index contributed by atoms with van der Waals surface area (Å²) in [5.74, 6) is 0.0882. The first-order valence-corrected chi connectivity index (χ1v) is 7.46. The second-order valence-electron chi connectivity index (χ2n) is 5.44. The number of likely N-dealkylation sites (N-methyl/N-ethyl adjacent to an activating group) is 1. The fourth-order valence-corrected chi connectivity index (χ4v) is 2.87. The van der Waals surface area contributed by atoms with Crippen molar-refractivity contribution in [2.24, 2.45) is 0 Å². The van der Waals surface area contributed by atoms with E-state index in [0.717, 1.165) is 24.2 Å². The van der Waals surface area contributed by atoms with E-state index < -0.39 is 0 Å². The summed E-state index contributed by atoms with van der Waals surface area (Å²) in [6.45, 7) is 3.04. The summed E-state index contributed by atoms with van der Waals surface area (Å²) in [5.41, 5.74) is 4.63. The Labute approximate surface area is 125 Å². The molecular weight excluding hydrogens is 260 g/mol. The first-order valence-electron chi connectivity index (χ1n) is 7.46. The van der Waals surface area contributed by atoms with Crippen molar-refractivity contribution in [1.29, 1.82) is 0 Å². The summed E-state index contributed by atoms with van der Waals surface area (Å²) in [6, 6.07) is 17.1. The quantitative estimate of drug-likeness (QED) is 0.883. The Hall–Kier alpha value is -2.13. The van der Waals surface area contributed by atoms with Gasteiger partial charge in [0, 0.05) is 11.7 Å². The SMILES string of the molecule is CCNC(Cc1ccccc1)c1ccc2c(c1)CC(=O)N2. The molecule has 2 aromatic carbocycles. The summed E-state index contributed by atoms with van der Waals surface area (Å²) in [7, 11) is 0. The van der Waals surface area contributed by atoms with Gasteiger partial charge in [-0.1, -0.05) is 49.4 Å². The van der Waals surface area contributed by atoms with Crippen molar-refractivity contribution in [3.05, 3.63) is 65.2 Å². The Morgan fingerprint density at radius 2 is 2.00 bits per heavy atom. The molecule has 3 nitrogen and oxygen atoms in total. The molecule has 0 aromatic heterocycles. The third-order valence-electron chi connectivity index (χ3n) is 3.89. The van der Waals surface area contributed by atoms with Crippen LogP contribution in [0.3, 0.4) is 0 Å². The van der Waals surface area contributed by atoms with E-state index >= 15 is 0 Å². The average Bonchev–Trinajstić information content (AvgIpc) is 2.87. The number of fused-ring (bicyclic) bond motifs is 1. The highest BCUT2D eigenvalue weighted by atomic mass is 16.1. The molecule has 0 spiro atoms. The maximum Gasteiger partial charge on any atom is 0.228 e. The fraction of sp³-hybridized carbons (Fsp3) is 0.278. The van der Waals surface area contributed by atoms with E-state index in [0.29, 0.717) is 6.42 Å². The topological polar surface area (TPSA) is 41.1 Å². The smallest absolute Gasteiger partial charge is 0.228 e. The zero-order valence-corrected chi connectivity index (χ0v) is 12.2. The van der Waals surface area contributed by atoms with Gasteiger partial charge in [-0.3, -0.25) is 4.79 Å². The second kappa shape index (κ2) is 6.10. The first kappa shape index (κ1) is 13.8. The Kier molecular flexibility index (Phi) is 4.02. The largest absolute Gasteiger partial charge is 0.326 e. The molecule has 3 heteroatoms. The number of amides is 1. The van der Waals surface area contributed by atoms with E-state index in [4.69, 9.17) is 0 Å². The highest BCUT2D eigenvalue weighted by Crippen LogP contribution is 2.27. The molecule has 1 amide bonds. The van der Waals surface area contributed by atoms with E-state index in [-0.39, 0.29) is 11.9 Å². The van der Waals surface area contributed by atoms with Crippen LogP contribution < -0.4 is 10.6 Å². The Balaban J connectivity index is 1.84. The van der Waals surface area contributed by atoms with Crippen molar-refractivity contribution in [3.63, 3.8) is 0 Å². The molecule has 2 N–H and O–H groups in total. The van der Waals surface area contributed by atoms with Gasteiger partial charge in [-0.05, 0) is 35.7 Å². The Morgan fingerprint density at radius 3 is 2.76 bits per heavy atom. The predicted molar refractivity (Wildman–Crippen MR) is 85.3 cm³/mol. The van der Waals surface area contributed by atoms with Crippen molar-refractivity contribution in [1.82, 2.24) is 5.32 Å². The van der Waals surface area contributed by atoms with Crippen LogP contribution in [0.15, 0.2) is 48.5 Å². The predicted octanol–water partition coefficient (Wildman–Crippen LogP) is 3.07. The van der Waals surface area contributed by atoms with Gasteiger partial charge < -0.3 is 10.6 Å². The fourth-order valence-electron chi connectivity index (χ4n) is 2.87. The lowest BCUT2D eigenvalue weighted by atomic mass is 9.96. The molecule has 1 unspecified atom stereocenters. The molecule has 108 valence electrons. The third-order valence-corrected chi connectivity index (χ3v) is 3.89. The molecule has 0 saturated carbocycles. The molecule has 3 rings (SSSR count). The number of benzene rings is 2. The van der Waals surface area contributed by atoms with E-state index in [1.165, 1.54) is 11.1 Å². The zero-order valence-electron chi connectivity index (χ0n) is 12.2. The Bertz CT molecular complexity index is 637. The molecule has 0 bridgehead atoms. The van der Waals surface area contributed by atoms with Crippen LogP contribution in [0, 0.1) is 0 Å². The summed E-state index contributed by atoms with van der Waals surface area (Å²) in [5, 5.41) is 6.43. The number of nitrogens with one attached hydrogen (secondary N) is 2. The van der Waals surface area contributed by atoms with E-state index in [2.05, 4.69) is 54.0 Å². The van der Waals surface area contributed by atoms with Crippen LogP contribution in [0.4, 0.5) is 5.69 Å². The second-order valence-corrected chi connectivity index (χ2v) is 5.44. The monoisotopic (exact) mass is 280 g/mol. The van der Waals surface area contributed by atoms with Crippen molar-refractivity contribution < 1.29 is 4.79 Å². The molecule has 21 heavy (non-hydrogen) atoms. The number of anilines is 1. The lowest BCUT2D eigenvalue weighted by Crippen LogP contribution is -2.23. The van der Waals surface area contributed by atoms with Gasteiger partial charge in [0.25, 0.3) is 0 Å². The van der Waals surface area contributed by atoms with Crippen LogP contribution in [0.1, 0.15) is 29.7 Å². The average molecular weight is 280 g/mol. The van der Waals surface area contributed by atoms with Crippen LogP contribution in [0.2, 0.25) is 0 Å². The van der Waals surface area contributed by atoms with Crippen molar-refractivity contribution >= 4 is 11.6 Å².